The van der Waals surface area contributed by atoms with Crippen LogP contribution in [0.15, 0.2) is 0 Å². The summed E-state index contributed by atoms with van der Waals surface area (Å²) in [6.07, 6.45) is 0. The average molecular weight is 1460 g/mol. The van der Waals surface area contributed by atoms with Crippen LogP contribution in [0.25, 0.3) is 0 Å². The molecule has 0 aromatic heterocycles. The fourth-order valence-electron chi connectivity index (χ4n) is 0.219. The van der Waals surface area contributed by atoms with Crippen LogP contribution in [-0.2, 0) is 177 Å². The van der Waals surface area contributed by atoms with Crippen molar-refractivity contribution in [1.82, 2.24) is 0 Å². The third-order valence-electron chi connectivity index (χ3n) is 1.72. The van der Waals surface area contributed by atoms with Crippen molar-refractivity contribution in [3.8, 4) is 0 Å². The molecule has 35 heavy (non-hydrogen) atoms. The van der Waals surface area contributed by atoms with Gasteiger partial charge in [-0.3, -0.25) is 0 Å². The van der Waals surface area contributed by atoms with Gasteiger partial charge in [-0.05, 0) is 0 Å². The van der Waals surface area contributed by atoms with Crippen molar-refractivity contribution in [1.29, 1.82) is 0 Å². The monoisotopic (exact) mass is 1460 g/mol. The molecular weight excluding hydrogens is 1420 g/mol. The van der Waals surface area contributed by atoms with Crippen molar-refractivity contribution in [2.24, 2.45) is 0 Å². The first-order chi connectivity index (χ1) is 13.3. The summed E-state index contributed by atoms with van der Waals surface area (Å²) in [5, 5.41) is 0. The Labute approximate surface area is 326 Å². The minimum Gasteiger partial charge on any atom is -0.350 e. The maximum atomic E-state index is 8.78. The molecule has 0 fully saturated rings. The van der Waals surface area contributed by atoms with E-state index < -0.39 is 50.3 Å². The molecule has 2 radical (unpaired) electrons. The summed E-state index contributed by atoms with van der Waals surface area (Å²) < 4.78 is 26.5. The number of hydrogen-bond acceptors (Lipinski definition) is 12. The van der Waals surface area contributed by atoms with Gasteiger partial charge >= 0.3 is 0 Å². The zero-order chi connectivity index (χ0) is 24.4. The summed E-state index contributed by atoms with van der Waals surface area (Å²) >= 11 is 0. The molecule has 0 spiro atoms. The Balaban J connectivity index is -0.0000000224. The standard InChI is InChI=1S/C3H10O4P2.4C2H7O2P.4W.2Y/c1-6-8(4)3-9(5)7-2;4*1-4-5(2)3;;;;;;/h4-5H,3H2,1-2H3;4*3H,1-2H3;;;;;;. The van der Waals surface area contributed by atoms with Gasteiger partial charge in [0.25, 0.3) is 0 Å². The van der Waals surface area contributed by atoms with Gasteiger partial charge in [0.15, 0.2) is 50.3 Å². The maximum absolute atomic E-state index is 8.78. The van der Waals surface area contributed by atoms with E-state index in [-0.39, 0.29) is 156 Å². The van der Waals surface area contributed by atoms with Gasteiger partial charge in [-0.1, -0.05) is 0 Å². The smallest absolute Gasteiger partial charge is 0.176 e. The molecule has 0 aliphatic heterocycles. The molecule has 0 saturated carbocycles. The van der Waals surface area contributed by atoms with E-state index in [4.69, 9.17) is 29.4 Å². The third kappa shape index (κ3) is 118. The van der Waals surface area contributed by atoms with Gasteiger partial charge in [-0.2, -0.15) is 0 Å². The molecule has 6 unspecified atom stereocenters. The van der Waals surface area contributed by atoms with Gasteiger partial charge in [0, 0.05) is 219 Å². The van der Waals surface area contributed by atoms with Crippen LogP contribution in [-0.4, -0.2) is 105 Å². The van der Waals surface area contributed by atoms with Crippen molar-refractivity contribution in [3.05, 3.63) is 0 Å². The second-order valence-electron chi connectivity index (χ2n) is 3.80. The van der Waals surface area contributed by atoms with Crippen LogP contribution in [0.3, 0.4) is 0 Å². The van der Waals surface area contributed by atoms with E-state index in [9.17, 15) is 0 Å². The molecule has 0 aliphatic carbocycles. The summed E-state index contributed by atoms with van der Waals surface area (Å²) in [7, 11) is 1.37. The first-order valence-electron chi connectivity index (χ1n) is 7.17. The van der Waals surface area contributed by atoms with E-state index in [2.05, 4.69) is 27.1 Å². The van der Waals surface area contributed by atoms with Gasteiger partial charge in [0.2, 0.25) is 0 Å². The first kappa shape index (κ1) is 73.5. The average Bonchev–Trinajstić information content (AvgIpc) is 2.69. The topological polar surface area (TPSA) is 177 Å². The molecule has 0 aliphatic rings. The summed E-state index contributed by atoms with van der Waals surface area (Å²) in [4.78, 5) is 50.4. The normalized spacial score (nSPS) is 13.0. The van der Waals surface area contributed by atoms with Gasteiger partial charge < -0.3 is 56.5 Å². The van der Waals surface area contributed by atoms with E-state index in [1.807, 2.05) is 0 Å². The fourth-order valence-corrected chi connectivity index (χ4v) is 1.97. The Kier molecular flexibility index (Phi) is 135. The summed E-state index contributed by atoms with van der Waals surface area (Å²) in [6.45, 7) is 6.48. The Morgan fingerprint density at radius 3 is 0.571 bits per heavy atom. The van der Waals surface area contributed by atoms with Crippen LogP contribution < -0.4 is 0 Å². The molecule has 0 bridgehead atoms. The van der Waals surface area contributed by atoms with Crippen LogP contribution in [0, 0.1) is 0 Å². The molecule has 12 nitrogen and oxygen atoms in total. The summed E-state index contributed by atoms with van der Waals surface area (Å²) in [5.41, 5.74) is 0. The predicted molar refractivity (Wildman–Crippen MR) is 125 cm³/mol. The van der Waals surface area contributed by atoms with Gasteiger partial charge in [0.1, 0.15) is 0 Å². The van der Waals surface area contributed by atoms with E-state index in [1.54, 1.807) is 26.7 Å². The van der Waals surface area contributed by atoms with Crippen molar-refractivity contribution in [3.63, 3.8) is 0 Å². The molecular formula is C11H38O12P6W4Y2. The zero-order valence-corrected chi connectivity index (χ0v) is 44.1. The van der Waals surface area contributed by atoms with Crippen molar-refractivity contribution in [2.45, 2.75) is 0 Å². The summed E-state index contributed by atoms with van der Waals surface area (Å²) in [5.74, 6) is 0.206. The van der Waals surface area contributed by atoms with Crippen LogP contribution in [0.5, 0.6) is 0 Å². The predicted octanol–water partition coefficient (Wildman–Crippen LogP) is 3.10. The fraction of sp³-hybridized carbons (Fsp3) is 1.00. The van der Waals surface area contributed by atoms with Crippen LogP contribution in [0.2, 0.25) is 0 Å². The largest absolute Gasteiger partial charge is 0.350 e. The molecule has 6 atom stereocenters. The van der Waals surface area contributed by atoms with E-state index in [0.717, 1.165) is 0 Å². The Morgan fingerprint density at radius 1 is 0.400 bits per heavy atom. The SMILES string of the molecule is COP(C)O.COP(C)O.COP(C)O.COP(C)O.COP(O)CP(O)OC.[W].[W].[W].[W].[Y].[Y]. The Hall–Kier alpha value is 7.06. The number of rotatable bonds is 8. The van der Waals surface area contributed by atoms with Crippen molar-refractivity contribution >= 4 is 50.3 Å². The van der Waals surface area contributed by atoms with Gasteiger partial charge in [0.05, 0.1) is 5.90 Å². The molecule has 214 valence electrons. The maximum Gasteiger partial charge on any atom is 0.176 e. The van der Waals surface area contributed by atoms with Crippen LogP contribution >= 0.6 is 50.3 Å². The minimum absolute atomic E-state index is 0. The number of hydrogen-bond donors (Lipinski definition) is 6. The molecule has 24 heteroatoms. The molecule has 0 amide bonds. The molecule has 0 aromatic carbocycles. The molecule has 0 heterocycles. The van der Waals surface area contributed by atoms with Gasteiger partial charge in [-0.25, -0.2) is 0 Å². The molecule has 0 aromatic rings. The van der Waals surface area contributed by atoms with Crippen molar-refractivity contribution in [2.75, 3.05) is 75.2 Å². The Morgan fingerprint density at radius 2 is 0.514 bits per heavy atom. The summed E-state index contributed by atoms with van der Waals surface area (Å²) in [6, 6.07) is 0. The van der Waals surface area contributed by atoms with Gasteiger partial charge in [-0.15, -0.1) is 0 Å². The van der Waals surface area contributed by atoms with Crippen molar-refractivity contribution < 1.29 is 206 Å². The van der Waals surface area contributed by atoms with E-state index in [1.165, 1.54) is 42.7 Å². The first-order valence-corrected chi connectivity index (χ1v) is 16.6. The molecule has 6 N–H and O–H groups in total. The molecule has 0 saturated heterocycles. The van der Waals surface area contributed by atoms with E-state index in [0.29, 0.717) is 0 Å². The molecule has 0 rings (SSSR count). The third-order valence-corrected chi connectivity index (χ3v) is 6.61. The zero-order valence-electron chi connectivity index (χ0n) is 21.3. The Bertz CT molecular complexity index is 257. The second-order valence-corrected chi connectivity index (χ2v) is 12.2. The van der Waals surface area contributed by atoms with E-state index >= 15 is 0 Å². The second kappa shape index (κ2) is 64.1. The quantitative estimate of drug-likeness (QED) is 0.197. The van der Waals surface area contributed by atoms with Crippen LogP contribution in [0.1, 0.15) is 0 Å². The van der Waals surface area contributed by atoms with Crippen LogP contribution in [0.4, 0.5) is 0 Å². The minimum atomic E-state index is -1.47.